The molecule has 0 amide bonds. The first-order chi connectivity index (χ1) is 7.79. The monoisotopic (exact) mass is 224 g/mol. The van der Waals surface area contributed by atoms with Crippen molar-refractivity contribution < 1.29 is 0 Å². The lowest BCUT2D eigenvalue weighted by Crippen LogP contribution is -2.40. The first-order valence-corrected chi connectivity index (χ1v) is 7.27. The summed E-state index contributed by atoms with van der Waals surface area (Å²) in [5.74, 6) is 1.01. The van der Waals surface area contributed by atoms with Gasteiger partial charge in [0.05, 0.1) is 0 Å². The van der Waals surface area contributed by atoms with E-state index in [2.05, 4.69) is 24.1 Å². The maximum Gasteiger partial charge on any atom is 0.0110 e. The second-order valence-corrected chi connectivity index (χ2v) is 5.77. The summed E-state index contributed by atoms with van der Waals surface area (Å²) in [4.78, 5) is 2.76. The summed E-state index contributed by atoms with van der Waals surface area (Å²) in [6, 6.07) is 1.61. The van der Waals surface area contributed by atoms with Gasteiger partial charge in [0, 0.05) is 25.2 Å². The zero-order chi connectivity index (χ0) is 11.4. The van der Waals surface area contributed by atoms with E-state index < -0.39 is 0 Å². The van der Waals surface area contributed by atoms with Gasteiger partial charge in [-0.25, -0.2) is 0 Å². The molecule has 2 fully saturated rings. The Balaban J connectivity index is 1.85. The number of nitrogens with one attached hydrogen (secondary N) is 1. The lowest BCUT2D eigenvalue weighted by Gasteiger charge is -2.36. The molecule has 94 valence electrons. The molecule has 1 heterocycles. The molecule has 1 aliphatic heterocycles. The summed E-state index contributed by atoms with van der Waals surface area (Å²) in [7, 11) is 0. The van der Waals surface area contributed by atoms with Crippen LogP contribution in [0.15, 0.2) is 0 Å². The van der Waals surface area contributed by atoms with Gasteiger partial charge in [0.15, 0.2) is 0 Å². The highest BCUT2D eigenvalue weighted by molar-refractivity contribution is 4.83. The highest BCUT2D eigenvalue weighted by Gasteiger charge is 2.26. The van der Waals surface area contributed by atoms with Crippen molar-refractivity contribution in [2.24, 2.45) is 5.92 Å². The molecule has 16 heavy (non-hydrogen) atoms. The summed E-state index contributed by atoms with van der Waals surface area (Å²) in [5, 5.41) is 3.60. The fraction of sp³-hybridized carbons (Fsp3) is 1.00. The molecule has 0 aromatic rings. The Morgan fingerprint density at radius 3 is 2.88 bits per heavy atom. The van der Waals surface area contributed by atoms with Crippen molar-refractivity contribution in [3.63, 3.8) is 0 Å². The van der Waals surface area contributed by atoms with Gasteiger partial charge in [0.1, 0.15) is 0 Å². The molecule has 0 spiro atoms. The summed E-state index contributed by atoms with van der Waals surface area (Å²) >= 11 is 0. The third-order valence-electron chi connectivity index (χ3n) is 4.59. The van der Waals surface area contributed by atoms with Crippen molar-refractivity contribution in [2.45, 2.75) is 64.5 Å². The SMILES string of the molecule is CCC1CCCC(N2CCNC(C)CC2)C1. The molecule has 3 atom stereocenters. The van der Waals surface area contributed by atoms with Gasteiger partial charge in [-0.15, -0.1) is 0 Å². The molecule has 1 aliphatic carbocycles. The van der Waals surface area contributed by atoms with Crippen LogP contribution in [0.5, 0.6) is 0 Å². The second kappa shape index (κ2) is 6.02. The summed E-state index contributed by atoms with van der Waals surface area (Å²) in [5.41, 5.74) is 0. The minimum absolute atomic E-state index is 0.718. The summed E-state index contributed by atoms with van der Waals surface area (Å²) < 4.78 is 0. The van der Waals surface area contributed by atoms with Crippen LogP contribution < -0.4 is 5.32 Å². The molecule has 2 aliphatic rings. The van der Waals surface area contributed by atoms with Crippen LogP contribution in [0.4, 0.5) is 0 Å². The van der Waals surface area contributed by atoms with Crippen molar-refractivity contribution in [1.82, 2.24) is 10.2 Å². The minimum atomic E-state index is 0.718. The molecule has 3 unspecified atom stereocenters. The number of nitrogens with zero attached hydrogens (tertiary/aromatic N) is 1. The van der Waals surface area contributed by atoms with Crippen molar-refractivity contribution >= 4 is 0 Å². The Morgan fingerprint density at radius 1 is 1.19 bits per heavy atom. The summed E-state index contributed by atoms with van der Waals surface area (Å²) in [6.07, 6.45) is 8.57. The zero-order valence-corrected chi connectivity index (χ0v) is 11.0. The van der Waals surface area contributed by atoms with Gasteiger partial charge < -0.3 is 5.32 Å². The van der Waals surface area contributed by atoms with Crippen molar-refractivity contribution in [1.29, 1.82) is 0 Å². The van der Waals surface area contributed by atoms with Gasteiger partial charge in [0.2, 0.25) is 0 Å². The average molecular weight is 224 g/mol. The molecule has 2 rings (SSSR count). The van der Waals surface area contributed by atoms with Gasteiger partial charge >= 0.3 is 0 Å². The first-order valence-electron chi connectivity index (χ1n) is 7.27. The van der Waals surface area contributed by atoms with Crippen molar-refractivity contribution in [3.8, 4) is 0 Å². The first kappa shape index (κ1) is 12.4. The number of hydrogen-bond acceptors (Lipinski definition) is 2. The Morgan fingerprint density at radius 2 is 2.06 bits per heavy atom. The van der Waals surface area contributed by atoms with Gasteiger partial charge in [-0.1, -0.05) is 26.2 Å². The molecule has 0 radical (unpaired) electrons. The highest BCUT2D eigenvalue weighted by Crippen LogP contribution is 2.30. The molecular formula is C14H28N2. The zero-order valence-electron chi connectivity index (χ0n) is 11.0. The van der Waals surface area contributed by atoms with Crippen LogP contribution in [0.3, 0.4) is 0 Å². The van der Waals surface area contributed by atoms with Crippen LogP contribution in [0.2, 0.25) is 0 Å². The van der Waals surface area contributed by atoms with Crippen molar-refractivity contribution in [2.75, 3.05) is 19.6 Å². The van der Waals surface area contributed by atoms with E-state index in [9.17, 15) is 0 Å². The second-order valence-electron chi connectivity index (χ2n) is 5.77. The predicted octanol–water partition coefficient (Wildman–Crippen LogP) is 2.64. The lowest BCUT2D eigenvalue weighted by atomic mass is 9.83. The molecular weight excluding hydrogens is 196 g/mol. The molecule has 0 aromatic carbocycles. The molecule has 0 bridgehead atoms. The fourth-order valence-corrected chi connectivity index (χ4v) is 3.36. The predicted molar refractivity (Wildman–Crippen MR) is 69.7 cm³/mol. The molecule has 1 saturated carbocycles. The van der Waals surface area contributed by atoms with Crippen LogP contribution >= 0.6 is 0 Å². The van der Waals surface area contributed by atoms with E-state index in [1.165, 1.54) is 58.2 Å². The van der Waals surface area contributed by atoms with E-state index in [-0.39, 0.29) is 0 Å². The third-order valence-corrected chi connectivity index (χ3v) is 4.59. The van der Waals surface area contributed by atoms with Gasteiger partial charge in [-0.3, -0.25) is 4.90 Å². The van der Waals surface area contributed by atoms with E-state index >= 15 is 0 Å². The molecule has 1 saturated heterocycles. The normalized spacial score (nSPS) is 38.2. The van der Waals surface area contributed by atoms with Gasteiger partial charge in [-0.2, -0.15) is 0 Å². The van der Waals surface area contributed by atoms with E-state index in [1.807, 2.05) is 0 Å². The van der Waals surface area contributed by atoms with Crippen LogP contribution in [0.25, 0.3) is 0 Å². The van der Waals surface area contributed by atoms with E-state index in [4.69, 9.17) is 0 Å². The molecule has 2 heteroatoms. The quantitative estimate of drug-likeness (QED) is 0.776. The van der Waals surface area contributed by atoms with Crippen LogP contribution in [0.1, 0.15) is 52.4 Å². The van der Waals surface area contributed by atoms with Gasteiger partial charge in [0.25, 0.3) is 0 Å². The van der Waals surface area contributed by atoms with Crippen LogP contribution in [-0.4, -0.2) is 36.6 Å². The highest BCUT2D eigenvalue weighted by atomic mass is 15.2. The molecule has 1 N–H and O–H groups in total. The molecule has 0 aromatic heterocycles. The molecule has 2 nitrogen and oxygen atoms in total. The maximum atomic E-state index is 3.60. The van der Waals surface area contributed by atoms with Gasteiger partial charge in [-0.05, 0) is 38.6 Å². The number of hydrogen-bond donors (Lipinski definition) is 1. The van der Waals surface area contributed by atoms with E-state index in [0.717, 1.165) is 18.0 Å². The Labute approximate surface area is 101 Å². The Hall–Kier alpha value is -0.0800. The Bertz CT molecular complexity index is 205. The van der Waals surface area contributed by atoms with Crippen LogP contribution in [0, 0.1) is 5.92 Å². The standard InChI is InChI=1S/C14H28N2/c1-3-13-5-4-6-14(11-13)16-9-7-12(2)15-8-10-16/h12-15H,3-11H2,1-2H3. The number of rotatable bonds is 2. The fourth-order valence-electron chi connectivity index (χ4n) is 3.36. The maximum absolute atomic E-state index is 3.60. The van der Waals surface area contributed by atoms with Crippen molar-refractivity contribution in [3.05, 3.63) is 0 Å². The Kier molecular flexibility index (Phi) is 4.66. The smallest absolute Gasteiger partial charge is 0.0110 e. The van der Waals surface area contributed by atoms with E-state index in [0.29, 0.717) is 0 Å². The average Bonchev–Trinajstić information content (AvgIpc) is 2.54. The topological polar surface area (TPSA) is 15.3 Å². The summed E-state index contributed by atoms with van der Waals surface area (Å²) in [6.45, 7) is 8.45. The largest absolute Gasteiger partial charge is 0.313 e. The lowest BCUT2D eigenvalue weighted by molar-refractivity contribution is 0.135. The third kappa shape index (κ3) is 3.21. The van der Waals surface area contributed by atoms with E-state index in [1.54, 1.807) is 0 Å². The minimum Gasteiger partial charge on any atom is -0.313 e. The van der Waals surface area contributed by atoms with Crippen LogP contribution in [-0.2, 0) is 0 Å².